The van der Waals surface area contributed by atoms with Gasteiger partial charge in [0.05, 0.1) is 12.7 Å². The van der Waals surface area contributed by atoms with Gasteiger partial charge in [0.15, 0.2) is 0 Å². The average Bonchev–Trinajstić information content (AvgIpc) is 2.87. The third kappa shape index (κ3) is 5.28. The van der Waals surface area contributed by atoms with Crippen molar-refractivity contribution in [3.05, 3.63) is 12.4 Å². The molecule has 8 heteroatoms. The maximum atomic E-state index is 12.5. The molecule has 1 N–H and O–H groups in total. The number of hydrogen-bond donors (Lipinski definition) is 1. The van der Waals surface area contributed by atoms with Gasteiger partial charge >= 0.3 is 0 Å². The van der Waals surface area contributed by atoms with Gasteiger partial charge < -0.3 is 5.32 Å². The summed E-state index contributed by atoms with van der Waals surface area (Å²) in [4.78, 5) is 0.252. The van der Waals surface area contributed by atoms with Gasteiger partial charge in [-0.25, -0.2) is 8.42 Å². The lowest BCUT2D eigenvalue weighted by Crippen LogP contribution is -2.36. The van der Waals surface area contributed by atoms with Crippen molar-refractivity contribution in [2.24, 2.45) is 0 Å². The van der Waals surface area contributed by atoms with Crippen molar-refractivity contribution in [1.29, 1.82) is 0 Å². The first kappa shape index (κ1) is 18.5. The largest absolute Gasteiger partial charge is 0.313 e. The molecule has 0 saturated carbocycles. The molecular formula is C13H26N4O2S2. The van der Waals surface area contributed by atoms with Gasteiger partial charge in [0.2, 0.25) is 10.0 Å². The molecule has 0 aliphatic carbocycles. The highest BCUT2D eigenvalue weighted by Crippen LogP contribution is 2.17. The van der Waals surface area contributed by atoms with Crippen molar-refractivity contribution in [2.75, 3.05) is 25.6 Å². The number of aromatic nitrogens is 2. The van der Waals surface area contributed by atoms with Crippen molar-refractivity contribution >= 4 is 21.8 Å². The topological polar surface area (TPSA) is 67.2 Å². The van der Waals surface area contributed by atoms with Crippen molar-refractivity contribution in [3.63, 3.8) is 0 Å². The molecule has 0 amide bonds. The van der Waals surface area contributed by atoms with E-state index in [4.69, 9.17) is 0 Å². The summed E-state index contributed by atoms with van der Waals surface area (Å²) >= 11 is 1.63. The van der Waals surface area contributed by atoms with Gasteiger partial charge in [-0.05, 0) is 13.2 Å². The molecule has 6 nitrogen and oxygen atoms in total. The smallest absolute Gasteiger partial charge is 0.246 e. The summed E-state index contributed by atoms with van der Waals surface area (Å²) in [5, 5.41) is 7.41. The van der Waals surface area contributed by atoms with E-state index in [0.29, 0.717) is 12.6 Å². The van der Waals surface area contributed by atoms with E-state index in [1.54, 1.807) is 29.7 Å². The van der Waals surface area contributed by atoms with Gasteiger partial charge in [0.25, 0.3) is 0 Å². The molecule has 0 aliphatic heterocycles. The molecule has 21 heavy (non-hydrogen) atoms. The van der Waals surface area contributed by atoms with Crippen LogP contribution in [-0.2, 0) is 16.6 Å². The molecule has 1 rings (SSSR count). The first-order valence-corrected chi connectivity index (χ1v) is 9.85. The van der Waals surface area contributed by atoms with Crippen LogP contribution in [0.5, 0.6) is 0 Å². The molecule has 0 saturated heterocycles. The lowest BCUT2D eigenvalue weighted by Gasteiger charge is -2.22. The molecule has 0 radical (unpaired) electrons. The van der Waals surface area contributed by atoms with E-state index in [1.165, 1.54) is 10.5 Å². The standard InChI is InChI=1S/C13H26N4O2S2/c1-11(2)14-6-7-17-9-13(8-15-17)21(18,19)16(4)12(3)10-20-5/h8-9,11-12,14H,6-7,10H2,1-5H3. The van der Waals surface area contributed by atoms with E-state index >= 15 is 0 Å². The zero-order chi connectivity index (χ0) is 16.0. The molecule has 1 heterocycles. The second-order valence-electron chi connectivity index (χ2n) is 5.37. The number of nitrogens with zero attached hydrogens (tertiary/aromatic N) is 3. The zero-order valence-corrected chi connectivity index (χ0v) is 15.0. The van der Waals surface area contributed by atoms with Gasteiger partial charge in [-0.1, -0.05) is 13.8 Å². The first-order valence-electron chi connectivity index (χ1n) is 7.01. The van der Waals surface area contributed by atoms with Crippen LogP contribution in [0.15, 0.2) is 17.3 Å². The molecule has 0 spiro atoms. The SMILES string of the molecule is CSCC(C)N(C)S(=O)(=O)c1cnn(CCNC(C)C)c1. The van der Waals surface area contributed by atoms with Gasteiger partial charge in [-0.15, -0.1) is 0 Å². The minimum absolute atomic E-state index is 0.0454. The van der Waals surface area contributed by atoms with Crippen LogP contribution in [0.3, 0.4) is 0 Å². The highest BCUT2D eigenvalue weighted by Gasteiger charge is 2.26. The number of rotatable bonds is 9. The predicted octanol–water partition coefficient (Wildman–Crippen LogP) is 1.25. The third-order valence-electron chi connectivity index (χ3n) is 3.21. The molecule has 0 fully saturated rings. The number of sulfonamides is 1. The highest BCUT2D eigenvalue weighted by molar-refractivity contribution is 7.98. The van der Waals surface area contributed by atoms with Crippen molar-refractivity contribution in [3.8, 4) is 0 Å². The Morgan fingerprint density at radius 1 is 1.43 bits per heavy atom. The minimum atomic E-state index is -3.46. The fourth-order valence-electron chi connectivity index (χ4n) is 1.82. The van der Waals surface area contributed by atoms with Gasteiger partial charge in [-0.3, -0.25) is 4.68 Å². The van der Waals surface area contributed by atoms with Crippen molar-refractivity contribution in [2.45, 2.75) is 44.3 Å². The summed E-state index contributed by atoms with van der Waals surface area (Å²) in [7, 11) is -1.85. The lowest BCUT2D eigenvalue weighted by molar-refractivity contribution is 0.415. The Morgan fingerprint density at radius 3 is 2.67 bits per heavy atom. The first-order chi connectivity index (χ1) is 9.78. The van der Waals surface area contributed by atoms with Crippen LogP contribution in [0.2, 0.25) is 0 Å². The molecule has 0 aromatic carbocycles. The van der Waals surface area contributed by atoms with Crippen LogP contribution in [0, 0.1) is 0 Å². The molecular weight excluding hydrogens is 308 g/mol. The maximum Gasteiger partial charge on any atom is 0.246 e. The monoisotopic (exact) mass is 334 g/mol. The quantitative estimate of drug-likeness (QED) is 0.736. The summed E-state index contributed by atoms with van der Waals surface area (Å²) in [5.41, 5.74) is 0. The Hall–Kier alpha value is -0.570. The van der Waals surface area contributed by atoms with E-state index < -0.39 is 10.0 Å². The van der Waals surface area contributed by atoms with E-state index in [2.05, 4.69) is 24.3 Å². The predicted molar refractivity (Wildman–Crippen MR) is 88.2 cm³/mol. The second-order valence-corrected chi connectivity index (χ2v) is 8.28. The van der Waals surface area contributed by atoms with Crippen LogP contribution in [0.1, 0.15) is 20.8 Å². The Balaban J connectivity index is 2.74. The Morgan fingerprint density at radius 2 is 2.10 bits per heavy atom. The normalized spacial score (nSPS) is 14.0. The van der Waals surface area contributed by atoms with Crippen LogP contribution in [-0.4, -0.2) is 60.2 Å². The van der Waals surface area contributed by atoms with E-state index in [0.717, 1.165) is 12.3 Å². The molecule has 1 aromatic rings. The molecule has 0 bridgehead atoms. The van der Waals surface area contributed by atoms with Crippen LogP contribution >= 0.6 is 11.8 Å². The summed E-state index contributed by atoms with van der Waals surface area (Å²) in [6.07, 6.45) is 4.99. The van der Waals surface area contributed by atoms with Gasteiger partial charge in [0, 0.05) is 37.6 Å². The third-order valence-corrected chi connectivity index (χ3v) is 5.95. The average molecular weight is 335 g/mol. The molecule has 1 atom stereocenters. The van der Waals surface area contributed by atoms with Crippen LogP contribution in [0.4, 0.5) is 0 Å². The fourth-order valence-corrected chi connectivity index (χ4v) is 3.93. The van der Waals surface area contributed by atoms with Crippen LogP contribution < -0.4 is 5.32 Å². The number of hydrogen-bond acceptors (Lipinski definition) is 5. The summed E-state index contributed by atoms with van der Waals surface area (Å²) < 4.78 is 28.1. The van der Waals surface area contributed by atoms with E-state index in [-0.39, 0.29) is 10.9 Å². The minimum Gasteiger partial charge on any atom is -0.313 e. The van der Waals surface area contributed by atoms with E-state index in [9.17, 15) is 8.42 Å². The lowest BCUT2D eigenvalue weighted by atomic mass is 10.4. The molecule has 122 valence electrons. The second kappa shape index (κ2) is 8.17. The molecule has 1 unspecified atom stereocenters. The van der Waals surface area contributed by atoms with Crippen LogP contribution in [0.25, 0.3) is 0 Å². The summed E-state index contributed by atoms with van der Waals surface area (Å²) in [6, 6.07) is 0.359. The Labute approximate surface area is 132 Å². The van der Waals surface area contributed by atoms with Crippen molar-refractivity contribution in [1.82, 2.24) is 19.4 Å². The number of nitrogens with one attached hydrogen (secondary N) is 1. The fraction of sp³-hybridized carbons (Fsp3) is 0.769. The summed E-state index contributed by atoms with van der Waals surface area (Å²) in [5.74, 6) is 0.766. The van der Waals surface area contributed by atoms with E-state index in [1.807, 2.05) is 13.2 Å². The maximum absolute atomic E-state index is 12.5. The molecule has 1 aromatic heterocycles. The van der Waals surface area contributed by atoms with Crippen molar-refractivity contribution < 1.29 is 8.42 Å². The highest BCUT2D eigenvalue weighted by atomic mass is 32.2. The zero-order valence-electron chi connectivity index (χ0n) is 13.4. The molecule has 0 aliphatic rings. The Kier molecular flexibility index (Phi) is 7.19. The number of thioether (sulfide) groups is 1. The summed E-state index contributed by atoms with van der Waals surface area (Å²) in [6.45, 7) is 7.46. The Bertz CT molecular complexity index is 528. The van der Waals surface area contributed by atoms with Gasteiger partial charge in [0.1, 0.15) is 4.90 Å². The van der Waals surface area contributed by atoms with Gasteiger partial charge in [-0.2, -0.15) is 21.2 Å².